The van der Waals surface area contributed by atoms with Gasteiger partial charge in [0.15, 0.2) is 0 Å². The first kappa shape index (κ1) is 19.3. The van der Waals surface area contributed by atoms with E-state index in [1.165, 1.54) is 12.1 Å². The third-order valence-corrected chi connectivity index (χ3v) is 6.22. The van der Waals surface area contributed by atoms with Crippen molar-refractivity contribution >= 4 is 39.9 Å². The van der Waals surface area contributed by atoms with Crippen LogP contribution >= 0.6 is 35.0 Å². The Morgan fingerprint density at radius 1 is 1.00 bits per heavy atom. The molecule has 0 radical (unpaired) electrons. The van der Waals surface area contributed by atoms with E-state index in [2.05, 4.69) is 11.1 Å². The summed E-state index contributed by atoms with van der Waals surface area (Å²) in [5.74, 6) is 0.312. The van der Waals surface area contributed by atoms with E-state index in [0.29, 0.717) is 15.9 Å². The molecule has 1 aromatic heterocycles. The van der Waals surface area contributed by atoms with Crippen LogP contribution in [-0.2, 0) is 13.0 Å². The van der Waals surface area contributed by atoms with Crippen LogP contribution in [0.4, 0.5) is 4.39 Å². The number of fused-ring (bicyclic) bond motifs is 1. The van der Waals surface area contributed by atoms with Crippen molar-refractivity contribution < 1.29 is 9.13 Å². The van der Waals surface area contributed by atoms with Crippen LogP contribution in [0.15, 0.2) is 65.6 Å². The molecule has 2 aromatic carbocycles. The molecule has 0 amide bonds. The summed E-state index contributed by atoms with van der Waals surface area (Å²) in [6.45, 7) is 0.261. The van der Waals surface area contributed by atoms with Crippen molar-refractivity contribution in [3.63, 3.8) is 0 Å². The third kappa shape index (κ3) is 4.35. The summed E-state index contributed by atoms with van der Waals surface area (Å²) in [5, 5.41) is 1.15. The van der Waals surface area contributed by atoms with E-state index >= 15 is 0 Å². The topological polar surface area (TPSA) is 22.1 Å². The van der Waals surface area contributed by atoms with Crippen LogP contribution in [0.5, 0.6) is 5.88 Å². The molecule has 4 rings (SSSR count). The molecule has 0 unspecified atom stereocenters. The number of benzene rings is 2. The standard InChI is InChI=1S/C22H16Cl2FNOS/c23-18-3-1-4-19(24)17(18)13-27-22-12-11-16-20(26-22)5-2-6-21(16)28-15-9-7-14(25)8-10-15/h1,3-4,6-12H,2,5,13H2. The Morgan fingerprint density at radius 3 is 2.50 bits per heavy atom. The lowest BCUT2D eigenvalue weighted by Crippen LogP contribution is -2.05. The van der Waals surface area contributed by atoms with Gasteiger partial charge in [0.2, 0.25) is 5.88 Å². The van der Waals surface area contributed by atoms with E-state index in [1.807, 2.05) is 12.1 Å². The van der Waals surface area contributed by atoms with Gasteiger partial charge in [-0.2, -0.15) is 0 Å². The summed E-state index contributed by atoms with van der Waals surface area (Å²) >= 11 is 14.0. The van der Waals surface area contributed by atoms with E-state index in [-0.39, 0.29) is 12.4 Å². The zero-order chi connectivity index (χ0) is 19.5. The predicted octanol–water partition coefficient (Wildman–Crippen LogP) is 7.19. The van der Waals surface area contributed by atoms with Gasteiger partial charge in [-0.15, -0.1) is 0 Å². The number of ether oxygens (including phenoxy) is 1. The van der Waals surface area contributed by atoms with Gasteiger partial charge in [0, 0.05) is 37.0 Å². The second-order valence-corrected chi connectivity index (χ2v) is 8.23. The number of aryl methyl sites for hydroxylation is 1. The normalized spacial score (nSPS) is 13.0. The number of rotatable bonds is 5. The minimum atomic E-state index is -0.232. The maximum Gasteiger partial charge on any atom is 0.213 e. The highest BCUT2D eigenvalue weighted by Crippen LogP contribution is 2.39. The molecule has 0 spiro atoms. The highest BCUT2D eigenvalue weighted by molar-refractivity contribution is 8.08. The second kappa shape index (κ2) is 8.56. The Balaban J connectivity index is 1.50. The molecule has 0 fully saturated rings. The fourth-order valence-electron chi connectivity index (χ4n) is 2.97. The van der Waals surface area contributed by atoms with Crippen LogP contribution in [0.1, 0.15) is 23.2 Å². The van der Waals surface area contributed by atoms with Crippen LogP contribution in [0, 0.1) is 5.82 Å². The fraction of sp³-hybridized carbons (Fsp3) is 0.136. The number of nitrogens with zero attached hydrogens (tertiary/aromatic N) is 1. The zero-order valence-electron chi connectivity index (χ0n) is 14.8. The third-order valence-electron chi connectivity index (χ3n) is 4.39. The molecule has 0 saturated heterocycles. The average Bonchev–Trinajstić information content (AvgIpc) is 2.69. The number of halogens is 3. The molecule has 2 nitrogen and oxygen atoms in total. The highest BCUT2D eigenvalue weighted by atomic mass is 35.5. The van der Waals surface area contributed by atoms with Crippen molar-refractivity contribution in [2.24, 2.45) is 0 Å². The summed E-state index contributed by atoms with van der Waals surface area (Å²) in [6, 6.07) is 15.8. The number of pyridine rings is 1. The van der Waals surface area contributed by atoms with Gasteiger partial charge >= 0.3 is 0 Å². The van der Waals surface area contributed by atoms with Crippen LogP contribution in [0.3, 0.4) is 0 Å². The van der Waals surface area contributed by atoms with Crippen molar-refractivity contribution in [1.82, 2.24) is 4.98 Å². The summed E-state index contributed by atoms with van der Waals surface area (Å²) in [5.41, 5.74) is 2.83. The molecule has 1 heterocycles. The van der Waals surface area contributed by atoms with Crippen molar-refractivity contribution in [3.8, 4) is 5.88 Å². The van der Waals surface area contributed by atoms with Gasteiger partial charge in [0.05, 0.1) is 5.69 Å². The SMILES string of the molecule is Fc1ccc(SC2=CCCc3nc(OCc4c(Cl)cccc4Cl)ccc32)cc1. The molecule has 0 atom stereocenters. The molecular weight excluding hydrogens is 416 g/mol. The minimum Gasteiger partial charge on any atom is -0.473 e. The van der Waals surface area contributed by atoms with Crippen LogP contribution < -0.4 is 4.74 Å². The van der Waals surface area contributed by atoms with Crippen molar-refractivity contribution in [2.75, 3.05) is 0 Å². The largest absolute Gasteiger partial charge is 0.473 e. The number of allylic oxidation sites excluding steroid dienone is 1. The van der Waals surface area contributed by atoms with Crippen LogP contribution in [0.25, 0.3) is 4.91 Å². The highest BCUT2D eigenvalue weighted by Gasteiger charge is 2.16. The Morgan fingerprint density at radius 2 is 1.75 bits per heavy atom. The molecule has 0 bridgehead atoms. The summed E-state index contributed by atoms with van der Waals surface area (Å²) in [7, 11) is 0. The monoisotopic (exact) mass is 431 g/mol. The first-order valence-corrected chi connectivity index (χ1v) is 10.4. The van der Waals surface area contributed by atoms with E-state index in [0.717, 1.165) is 39.5 Å². The van der Waals surface area contributed by atoms with Gasteiger partial charge in [-0.05, 0) is 55.3 Å². The summed E-state index contributed by atoms with van der Waals surface area (Å²) in [4.78, 5) is 6.79. The number of aromatic nitrogens is 1. The molecule has 0 N–H and O–H groups in total. The van der Waals surface area contributed by atoms with Gasteiger partial charge in [-0.25, -0.2) is 9.37 Å². The molecule has 0 saturated carbocycles. The van der Waals surface area contributed by atoms with Crippen molar-refractivity contribution in [1.29, 1.82) is 0 Å². The fourth-order valence-corrected chi connectivity index (χ4v) is 4.50. The lowest BCUT2D eigenvalue weighted by atomic mass is 10.0. The molecule has 1 aliphatic carbocycles. The molecule has 0 aliphatic heterocycles. The molecule has 6 heteroatoms. The van der Waals surface area contributed by atoms with Gasteiger partial charge in [-0.1, -0.05) is 47.1 Å². The van der Waals surface area contributed by atoms with Crippen LogP contribution in [-0.4, -0.2) is 4.98 Å². The summed E-state index contributed by atoms with van der Waals surface area (Å²) in [6.07, 6.45) is 3.96. The average molecular weight is 432 g/mol. The Labute approximate surface area is 177 Å². The minimum absolute atomic E-state index is 0.232. The van der Waals surface area contributed by atoms with E-state index in [4.69, 9.17) is 27.9 Å². The number of hydrogen-bond acceptors (Lipinski definition) is 3. The predicted molar refractivity (Wildman–Crippen MR) is 114 cm³/mol. The first-order chi connectivity index (χ1) is 13.6. The van der Waals surface area contributed by atoms with Gasteiger partial charge in [0.1, 0.15) is 12.4 Å². The molecule has 1 aliphatic rings. The van der Waals surface area contributed by atoms with Gasteiger partial charge in [0.25, 0.3) is 0 Å². The Hall–Kier alpha value is -2.01. The van der Waals surface area contributed by atoms with Gasteiger partial charge < -0.3 is 4.74 Å². The smallest absolute Gasteiger partial charge is 0.213 e. The number of hydrogen-bond donors (Lipinski definition) is 0. The summed E-state index contributed by atoms with van der Waals surface area (Å²) < 4.78 is 19.0. The molecule has 142 valence electrons. The first-order valence-electron chi connectivity index (χ1n) is 8.80. The number of thioether (sulfide) groups is 1. The maximum atomic E-state index is 13.1. The quantitative estimate of drug-likeness (QED) is 0.426. The van der Waals surface area contributed by atoms with Gasteiger partial charge in [-0.3, -0.25) is 0 Å². The maximum absolute atomic E-state index is 13.1. The van der Waals surface area contributed by atoms with E-state index in [9.17, 15) is 4.39 Å². The Kier molecular flexibility index (Phi) is 5.90. The van der Waals surface area contributed by atoms with Crippen LogP contribution in [0.2, 0.25) is 10.0 Å². The Bertz CT molecular complexity index is 1020. The van der Waals surface area contributed by atoms with Crippen molar-refractivity contribution in [3.05, 3.63) is 93.4 Å². The molecule has 3 aromatic rings. The lowest BCUT2D eigenvalue weighted by molar-refractivity contribution is 0.293. The van der Waals surface area contributed by atoms with E-state index < -0.39 is 0 Å². The molecule has 28 heavy (non-hydrogen) atoms. The zero-order valence-corrected chi connectivity index (χ0v) is 17.1. The van der Waals surface area contributed by atoms with E-state index in [1.54, 1.807) is 42.1 Å². The lowest BCUT2D eigenvalue weighted by Gasteiger charge is -2.18. The molecular formula is C22H16Cl2FNOS. The van der Waals surface area contributed by atoms with Crippen molar-refractivity contribution in [2.45, 2.75) is 24.3 Å². The second-order valence-electron chi connectivity index (χ2n) is 6.30.